The second-order valence-corrected chi connectivity index (χ2v) is 6.42. The summed E-state index contributed by atoms with van der Waals surface area (Å²) in [6.07, 6.45) is 7.56. The quantitative estimate of drug-likeness (QED) is 0.313. The highest BCUT2D eigenvalue weighted by atomic mass is 16.5. The highest BCUT2D eigenvalue weighted by molar-refractivity contribution is 6.07. The van der Waals surface area contributed by atoms with Gasteiger partial charge in [-0.15, -0.1) is 6.58 Å². The van der Waals surface area contributed by atoms with Crippen LogP contribution in [0.25, 0.3) is 6.08 Å². The average molecular weight is 380 g/mol. The van der Waals surface area contributed by atoms with Gasteiger partial charge in [-0.25, -0.2) is 0 Å². The molecule has 0 saturated heterocycles. The summed E-state index contributed by atoms with van der Waals surface area (Å²) < 4.78 is 11.7. The fourth-order valence-corrected chi connectivity index (χ4v) is 2.68. The molecular formula is C24H28O4. The number of allylic oxidation sites excluding steroid dienone is 2. The van der Waals surface area contributed by atoms with Crippen molar-refractivity contribution in [3.63, 3.8) is 0 Å². The number of carbonyl (C=O) groups excluding carboxylic acids is 1. The molecule has 28 heavy (non-hydrogen) atoms. The van der Waals surface area contributed by atoms with E-state index in [1.54, 1.807) is 18.2 Å². The number of hydrogen-bond acceptors (Lipinski definition) is 4. The first-order valence-corrected chi connectivity index (χ1v) is 9.63. The Bertz CT molecular complexity index is 819. The third-order valence-electron chi connectivity index (χ3n) is 4.07. The first-order chi connectivity index (χ1) is 13.6. The molecule has 0 aliphatic rings. The summed E-state index contributed by atoms with van der Waals surface area (Å²) in [7, 11) is 0. The van der Waals surface area contributed by atoms with Crippen LogP contribution >= 0.6 is 0 Å². The number of carbonyl (C=O) groups is 1. The van der Waals surface area contributed by atoms with Gasteiger partial charge in [-0.2, -0.15) is 0 Å². The molecule has 0 unspecified atom stereocenters. The van der Waals surface area contributed by atoms with Crippen LogP contribution in [0.3, 0.4) is 0 Å². The van der Waals surface area contributed by atoms with Crippen molar-refractivity contribution in [1.82, 2.24) is 0 Å². The predicted octanol–water partition coefficient (Wildman–Crippen LogP) is 5.59. The zero-order valence-corrected chi connectivity index (χ0v) is 16.6. The van der Waals surface area contributed by atoms with E-state index in [9.17, 15) is 9.90 Å². The number of hydrogen-bond donors (Lipinski definition) is 1. The second-order valence-electron chi connectivity index (χ2n) is 6.42. The Kier molecular flexibility index (Phi) is 8.35. The molecule has 2 aromatic carbocycles. The normalized spacial score (nSPS) is 10.8. The van der Waals surface area contributed by atoms with Crippen LogP contribution in [0.5, 0.6) is 17.2 Å². The standard InChI is InChI=1S/C24H28O4/c1-4-7-22-19(10-13-23(26)18-8-11-20(25)12-9-18)16-21(27-14-5-2)17-24(22)28-15-6-3/h4,8-13,16-17,25H,1,5-7,14-15H2,2-3H3. The van der Waals surface area contributed by atoms with Crippen LogP contribution in [-0.2, 0) is 6.42 Å². The molecule has 0 bridgehead atoms. The molecule has 2 aromatic rings. The zero-order valence-electron chi connectivity index (χ0n) is 16.6. The first-order valence-electron chi connectivity index (χ1n) is 9.63. The van der Waals surface area contributed by atoms with E-state index in [1.165, 1.54) is 18.2 Å². The van der Waals surface area contributed by atoms with Crippen molar-refractivity contribution in [2.75, 3.05) is 13.2 Å². The minimum Gasteiger partial charge on any atom is -0.508 e. The molecule has 2 rings (SSSR count). The predicted molar refractivity (Wildman–Crippen MR) is 113 cm³/mol. The van der Waals surface area contributed by atoms with Gasteiger partial charge in [-0.05, 0) is 61.2 Å². The molecule has 4 heteroatoms. The van der Waals surface area contributed by atoms with Crippen molar-refractivity contribution in [1.29, 1.82) is 0 Å². The molecular weight excluding hydrogens is 352 g/mol. The van der Waals surface area contributed by atoms with Crippen molar-refractivity contribution >= 4 is 11.9 Å². The van der Waals surface area contributed by atoms with E-state index >= 15 is 0 Å². The van der Waals surface area contributed by atoms with Gasteiger partial charge in [0.25, 0.3) is 0 Å². The maximum Gasteiger partial charge on any atom is 0.185 e. The number of ether oxygens (including phenoxy) is 2. The average Bonchev–Trinajstić information content (AvgIpc) is 2.71. The van der Waals surface area contributed by atoms with Crippen LogP contribution in [0.2, 0.25) is 0 Å². The van der Waals surface area contributed by atoms with E-state index in [-0.39, 0.29) is 11.5 Å². The summed E-state index contributed by atoms with van der Waals surface area (Å²) in [6.45, 7) is 9.17. The highest BCUT2D eigenvalue weighted by Gasteiger charge is 2.12. The van der Waals surface area contributed by atoms with Crippen molar-refractivity contribution in [2.45, 2.75) is 33.1 Å². The van der Waals surface area contributed by atoms with Gasteiger partial charge in [0.05, 0.1) is 13.2 Å². The molecule has 148 valence electrons. The van der Waals surface area contributed by atoms with E-state index in [1.807, 2.05) is 18.2 Å². The lowest BCUT2D eigenvalue weighted by Crippen LogP contribution is -2.03. The van der Waals surface area contributed by atoms with Gasteiger partial charge < -0.3 is 14.6 Å². The van der Waals surface area contributed by atoms with Gasteiger partial charge in [0.15, 0.2) is 5.78 Å². The molecule has 1 N–H and O–H groups in total. The van der Waals surface area contributed by atoms with Crippen molar-refractivity contribution in [3.8, 4) is 17.2 Å². The molecule has 4 nitrogen and oxygen atoms in total. The third-order valence-corrected chi connectivity index (χ3v) is 4.07. The fourth-order valence-electron chi connectivity index (χ4n) is 2.68. The highest BCUT2D eigenvalue weighted by Crippen LogP contribution is 2.31. The van der Waals surface area contributed by atoms with Crippen molar-refractivity contribution < 1.29 is 19.4 Å². The molecule has 0 aliphatic carbocycles. The maximum atomic E-state index is 12.5. The Balaban J connectivity index is 2.38. The van der Waals surface area contributed by atoms with Crippen LogP contribution in [-0.4, -0.2) is 24.1 Å². The number of phenolic OH excluding ortho intramolecular Hbond substituents is 1. The van der Waals surface area contributed by atoms with Gasteiger partial charge in [-0.3, -0.25) is 4.79 Å². The zero-order chi connectivity index (χ0) is 20.4. The Labute approximate surface area is 167 Å². The molecule has 0 radical (unpaired) electrons. The summed E-state index contributed by atoms with van der Waals surface area (Å²) >= 11 is 0. The van der Waals surface area contributed by atoms with Crippen molar-refractivity contribution in [2.24, 2.45) is 0 Å². The smallest absolute Gasteiger partial charge is 0.185 e. The maximum absolute atomic E-state index is 12.5. The Hall–Kier alpha value is -3.01. The number of ketones is 1. The van der Waals surface area contributed by atoms with Crippen LogP contribution in [0.15, 0.2) is 55.1 Å². The molecule has 0 aromatic heterocycles. The molecule has 0 atom stereocenters. The summed E-state index contributed by atoms with van der Waals surface area (Å²) in [6, 6.07) is 10.0. The van der Waals surface area contributed by atoms with Gasteiger partial charge in [0.2, 0.25) is 0 Å². The minimum absolute atomic E-state index is 0.132. The second kappa shape index (κ2) is 11.0. The van der Waals surface area contributed by atoms with Gasteiger partial charge in [0.1, 0.15) is 17.2 Å². The van der Waals surface area contributed by atoms with Crippen molar-refractivity contribution in [3.05, 3.63) is 71.8 Å². The topological polar surface area (TPSA) is 55.8 Å². The lowest BCUT2D eigenvalue weighted by Gasteiger charge is -2.16. The number of phenols is 1. The molecule has 0 aliphatic heterocycles. The monoisotopic (exact) mass is 380 g/mol. The SMILES string of the molecule is C=CCc1c(C=CC(=O)c2ccc(O)cc2)cc(OCCC)cc1OCCC. The summed E-state index contributed by atoms with van der Waals surface area (Å²) in [5.74, 6) is 1.47. The largest absolute Gasteiger partial charge is 0.508 e. The lowest BCUT2D eigenvalue weighted by atomic mass is 10.0. The number of aromatic hydroxyl groups is 1. The van der Waals surface area contributed by atoms with Gasteiger partial charge >= 0.3 is 0 Å². The van der Waals surface area contributed by atoms with Crippen LogP contribution in [0, 0.1) is 0 Å². The first kappa shape index (κ1) is 21.3. The Morgan fingerprint density at radius 2 is 1.75 bits per heavy atom. The van der Waals surface area contributed by atoms with E-state index in [0.29, 0.717) is 25.2 Å². The van der Waals surface area contributed by atoms with E-state index < -0.39 is 0 Å². The summed E-state index contributed by atoms with van der Waals surface area (Å²) in [4.78, 5) is 12.5. The van der Waals surface area contributed by atoms with E-state index in [0.717, 1.165) is 35.5 Å². The van der Waals surface area contributed by atoms with Gasteiger partial charge in [-0.1, -0.05) is 26.0 Å². The van der Waals surface area contributed by atoms with E-state index in [2.05, 4.69) is 20.4 Å². The van der Waals surface area contributed by atoms with Crippen LogP contribution in [0.4, 0.5) is 0 Å². The lowest BCUT2D eigenvalue weighted by molar-refractivity contribution is 0.104. The van der Waals surface area contributed by atoms with Crippen LogP contribution in [0.1, 0.15) is 48.2 Å². The number of rotatable bonds is 11. The summed E-state index contributed by atoms with van der Waals surface area (Å²) in [5, 5.41) is 9.38. The Morgan fingerprint density at radius 3 is 2.39 bits per heavy atom. The third kappa shape index (κ3) is 6.02. The molecule has 0 fully saturated rings. The molecule has 0 heterocycles. The summed E-state index contributed by atoms with van der Waals surface area (Å²) in [5.41, 5.74) is 2.36. The Morgan fingerprint density at radius 1 is 1.07 bits per heavy atom. The van der Waals surface area contributed by atoms with Crippen LogP contribution < -0.4 is 9.47 Å². The van der Waals surface area contributed by atoms with E-state index in [4.69, 9.17) is 9.47 Å². The number of benzene rings is 2. The fraction of sp³-hybridized carbons (Fsp3) is 0.292. The minimum atomic E-state index is -0.138. The van der Waals surface area contributed by atoms with Gasteiger partial charge in [0, 0.05) is 17.2 Å². The molecule has 0 saturated carbocycles. The molecule has 0 amide bonds. The molecule has 0 spiro atoms.